The smallest absolute Gasteiger partial charge is 0.305 e. The van der Waals surface area contributed by atoms with Gasteiger partial charge < -0.3 is 14.2 Å². The molecule has 0 N–H and O–H groups in total. The standard InChI is InChI=1S/C30H49Cl2N3O2/c1-3-4-5-6-7-8-9-10-11-12-13-14-24-37-30(36)17-15-16-29-33-27-25-26(18-19-28(27)34(29)2)35(22-20-31)23-21-32/h18-19,25H,3-17,20-24H2,1-2H3. The van der Waals surface area contributed by atoms with Crippen molar-refractivity contribution in [3.63, 3.8) is 0 Å². The molecule has 1 aromatic heterocycles. The molecule has 0 radical (unpaired) electrons. The second-order valence-corrected chi connectivity index (χ2v) is 10.8. The number of carbonyl (C=O) groups is 1. The lowest BCUT2D eigenvalue weighted by Gasteiger charge is -2.22. The van der Waals surface area contributed by atoms with Gasteiger partial charge in [-0.2, -0.15) is 0 Å². The number of aromatic nitrogens is 2. The summed E-state index contributed by atoms with van der Waals surface area (Å²) in [6, 6.07) is 6.29. The second kappa shape index (κ2) is 19.6. The summed E-state index contributed by atoms with van der Waals surface area (Å²) >= 11 is 11.9. The molecule has 1 heterocycles. The Bertz CT molecular complexity index is 881. The number of unbranched alkanes of at least 4 members (excludes halogenated alkanes) is 11. The van der Waals surface area contributed by atoms with E-state index in [0.717, 1.165) is 61.3 Å². The number of fused-ring (bicyclic) bond motifs is 1. The molecule has 0 fully saturated rings. The number of aryl methyl sites for hydroxylation is 2. The first kappa shape index (κ1) is 31.8. The number of alkyl halides is 2. The Balaban J connectivity index is 1.59. The quantitative estimate of drug-likeness (QED) is 0.0833. The Kier molecular flexibility index (Phi) is 16.8. The largest absolute Gasteiger partial charge is 0.466 e. The lowest BCUT2D eigenvalue weighted by molar-refractivity contribution is -0.143. The van der Waals surface area contributed by atoms with Crippen molar-refractivity contribution in [2.75, 3.05) is 36.4 Å². The first-order valence-electron chi connectivity index (χ1n) is 14.6. The number of rotatable bonds is 22. The molecule has 0 unspecified atom stereocenters. The van der Waals surface area contributed by atoms with E-state index in [1.807, 2.05) is 7.05 Å². The molecule has 210 valence electrons. The maximum absolute atomic E-state index is 12.2. The fourth-order valence-corrected chi connectivity index (χ4v) is 5.23. The summed E-state index contributed by atoms with van der Waals surface area (Å²) in [5, 5.41) is 0. The predicted octanol–water partition coefficient (Wildman–Crippen LogP) is 8.42. The van der Waals surface area contributed by atoms with Crippen molar-refractivity contribution in [1.82, 2.24) is 9.55 Å². The third-order valence-corrected chi connectivity index (χ3v) is 7.41. The van der Waals surface area contributed by atoms with Crippen molar-refractivity contribution in [2.24, 2.45) is 7.05 Å². The number of hydrogen-bond donors (Lipinski definition) is 0. The van der Waals surface area contributed by atoms with E-state index >= 15 is 0 Å². The van der Waals surface area contributed by atoms with Crippen LogP contribution in [0.5, 0.6) is 0 Å². The molecule has 7 heteroatoms. The average molecular weight is 555 g/mol. The molecule has 5 nitrogen and oxygen atoms in total. The van der Waals surface area contributed by atoms with E-state index in [0.29, 0.717) is 24.8 Å². The summed E-state index contributed by atoms with van der Waals surface area (Å²) in [5.41, 5.74) is 3.13. The predicted molar refractivity (Wildman–Crippen MR) is 159 cm³/mol. The van der Waals surface area contributed by atoms with Crippen LogP contribution in [0.15, 0.2) is 18.2 Å². The zero-order chi connectivity index (χ0) is 26.7. The first-order chi connectivity index (χ1) is 18.1. The van der Waals surface area contributed by atoms with Gasteiger partial charge in [0, 0.05) is 50.4 Å². The van der Waals surface area contributed by atoms with E-state index in [1.165, 1.54) is 64.2 Å². The van der Waals surface area contributed by atoms with Gasteiger partial charge in [0.25, 0.3) is 0 Å². The Morgan fingerprint density at radius 2 is 1.49 bits per heavy atom. The van der Waals surface area contributed by atoms with Gasteiger partial charge in [0.1, 0.15) is 5.82 Å². The van der Waals surface area contributed by atoms with Gasteiger partial charge in [-0.25, -0.2) is 4.98 Å². The molecule has 0 spiro atoms. The number of hydrogen-bond acceptors (Lipinski definition) is 4. The highest BCUT2D eigenvalue weighted by molar-refractivity contribution is 6.18. The van der Waals surface area contributed by atoms with Gasteiger partial charge in [0.15, 0.2) is 0 Å². The van der Waals surface area contributed by atoms with Gasteiger partial charge >= 0.3 is 5.97 Å². The minimum absolute atomic E-state index is 0.0954. The molecule has 0 aliphatic carbocycles. The van der Waals surface area contributed by atoms with Gasteiger partial charge in [0.2, 0.25) is 0 Å². The molecule has 1 aromatic carbocycles. The number of imidazole rings is 1. The van der Waals surface area contributed by atoms with E-state index in [2.05, 4.69) is 34.6 Å². The topological polar surface area (TPSA) is 47.4 Å². The summed E-state index contributed by atoms with van der Waals surface area (Å²) in [7, 11) is 2.03. The maximum atomic E-state index is 12.2. The van der Waals surface area contributed by atoms with Crippen LogP contribution in [0.4, 0.5) is 5.69 Å². The number of nitrogens with zero attached hydrogens (tertiary/aromatic N) is 3. The highest BCUT2D eigenvalue weighted by Gasteiger charge is 2.12. The van der Waals surface area contributed by atoms with Crippen molar-refractivity contribution in [3.8, 4) is 0 Å². The van der Waals surface area contributed by atoms with E-state index in [-0.39, 0.29) is 5.97 Å². The van der Waals surface area contributed by atoms with Crippen LogP contribution in [0.2, 0.25) is 0 Å². The molecule has 0 aliphatic rings. The average Bonchev–Trinajstić information content (AvgIpc) is 3.21. The van der Waals surface area contributed by atoms with Gasteiger partial charge in [-0.05, 0) is 31.0 Å². The van der Waals surface area contributed by atoms with Gasteiger partial charge in [-0.15, -0.1) is 23.2 Å². The molecule has 2 aromatic rings. The van der Waals surface area contributed by atoms with E-state index in [1.54, 1.807) is 0 Å². The summed E-state index contributed by atoms with van der Waals surface area (Å²) in [6.07, 6.45) is 17.6. The fraction of sp³-hybridized carbons (Fsp3) is 0.733. The highest BCUT2D eigenvalue weighted by atomic mass is 35.5. The number of anilines is 1. The van der Waals surface area contributed by atoms with Crippen LogP contribution in [-0.2, 0) is 23.0 Å². The zero-order valence-electron chi connectivity index (χ0n) is 23.3. The van der Waals surface area contributed by atoms with Crippen LogP contribution < -0.4 is 4.90 Å². The number of benzene rings is 1. The summed E-state index contributed by atoms with van der Waals surface area (Å²) in [6.45, 7) is 4.32. The summed E-state index contributed by atoms with van der Waals surface area (Å²) < 4.78 is 7.57. The maximum Gasteiger partial charge on any atom is 0.305 e. The van der Waals surface area contributed by atoms with Crippen LogP contribution >= 0.6 is 23.2 Å². The fourth-order valence-electron chi connectivity index (χ4n) is 4.82. The summed E-state index contributed by atoms with van der Waals surface area (Å²) in [5.74, 6) is 2.00. The van der Waals surface area contributed by atoms with Gasteiger partial charge in [-0.1, -0.05) is 77.6 Å². The Hall–Kier alpha value is -1.46. The molecule has 0 amide bonds. The SMILES string of the molecule is CCCCCCCCCCCCCCOC(=O)CCCc1nc2cc(N(CCCl)CCCl)ccc2n1C. The van der Waals surface area contributed by atoms with E-state index in [4.69, 9.17) is 32.9 Å². The second-order valence-electron chi connectivity index (χ2n) is 10.1. The number of esters is 1. The van der Waals surface area contributed by atoms with Crippen LogP contribution in [0, 0.1) is 0 Å². The number of halogens is 2. The molecule has 0 atom stereocenters. The van der Waals surface area contributed by atoms with Gasteiger partial charge in [-0.3, -0.25) is 4.79 Å². The van der Waals surface area contributed by atoms with E-state index in [9.17, 15) is 4.79 Å². The van der Waals surface area contributed by atoms with Gasteiger partial charge in [0.05, 0.1) is 17.6 Å². The Labute approximate surface area is 235 Å². The first-order valence-corrected chi connectivity index (χ1v) is 15.7. The third kappa shape index (κ3) is 12.3. The minimum Gasteiger partial charge on any atom is -0.466 e. The molecule has 0 aliphatic heterocycles. The van der Waals surface area contributed by atoms with Crippen LogP contribution in [0.1, 0.15) is 103 Å². The minimum atomic E-state index is -0.0954. The molecule has 0 saturated carbocycles. The molecule has 37 heavy (non-hydrogen) atoms. The van der Waals surface area contributed by atoms with Crippen molar-refractivity contribution in [2.45, 2.75) is 103 Å². The molecule has 2 rings (SSSR count). The van der Waals surface area contributed by atoms with Crippen molar-refractivity contribution < 1.29 is 9.53 Å². The van der Waals surface area contributed by atoms with Crippen LogP contribution in [-0.4, -0.2) is 47.0 Å². The van der Waals surface area contributed by atoms with Crippen molar-refractivity contribution >= 4 is 45.9 Å². The molecule has 0 saturated heterocycles. The summed E-state index contributed by atoms with van der Waals surface area (Å²) in [4.78, 5) is 19.2. The number of ether oxygens (including phenoxy) is 1. The highest BCUT2D eigenvalue weighted by Crippen LogP contribution is 2.23. The molecule has 0 bridgehead atoms. The Morgan fingerprint density at radius 1 is 0.892 bits per heavy atom. The number of carbonyl (C=O) groups excluding carboxylic acids is 1. The lowest BCUT2D eigenvalue weighted by Crippen LogP contribution is -2.27. The van der Waals surface area contributed by atoms with Crippen molar-refractivity contribution in [3.05, 3.63) is 24.0 Å². The normalized spacial score (nSPS) is 11.4. The van der Waals surface area contributed by atoms with E-state index < -0.39 is 0 Å². The lowest BCUT2D eigenvalue weighted by atomic mass is 10.1. The molecular formula is C30H49Cl2N3O2. The van der Waals surface area contributed by atoms with Crippen molar-refractivity contribution in [1.29, 1.82) is 0 Å². The van der Waals surface area contributed by atoms with Crippen LogP contribution in [0.25, 0.3) is 11.0 Å². The Morgan fingerprint density at radius 3 is 2.08 bits per heavy atom. The third-order valence-electron chi connectivity index (χ3n) is 7.07. The monoisotopic (exact) mass is 553 g/mol. The van der Waals surface area contributed by atoms with Crippen LogP contribution in [0.3, 0.4) is 0 Å². The zero-order valence-corrected chi connectivity index (χ0v) is 24.8. The molecular weight excluding hydrogens is 505 g/mol.